The molecule has 0 fully saturated rings. The third kappa shape index (κ3) is 3.50. The predicted molar refractivity (Wildman–Crippen MR) is 90.5 cm³/mol. The highest BCUT2D eigenvalue weighted by Crippen LogP contribution is 2.22. The third-order valence-corrected chi connectivity index (χ3v) is 4.24. The lowest BCUT2D eigenvalue weighted by Crippen LogP contribution is -2.34. The standard InChI is InChI=1S/C18H22N4O/c1-21(2)18-15-8-10-22(11-9-16(15)19-13-20-18)17(23)12-14-6-4-3-5-7-14/h3-7,13H,8-12H2,1-2H3. The second-order valence-electron chi connectivity index (χ2n) is 6.06. The molecule has 5 nitrogen and oxygen atoms in total. The van der Waals surface area contributed by atoms with E-state index in [2.05, 4.69) is 9.97 Å². The summed E-state index contributed by atoms with van der Waals surface area (Å²) in [5, 5.41) is 0. The van der Waals surface area contributed by atoms with Crippen LogP contribution < -0.4 is 4.90 Å². The van der Waals surface area contributed by atoms with Gasteiger partial charge in [-0.15, -0.1) is 0 Å². The maximum Gasteiger partial charge on any atom is 0.227 e. The van der Waals surface area contributed by atoms with Gasteiger partial charge in [0.15, 0.2) is 0 Å². The van der Waals surface area contributed by atoms with Crippen LogP contribution in [-0.2, 0) is 24.1 Å². The lowest BCUT2D eigenvalue weighted by Gasteiger charge is -2.20. The van der Waals surface area contributed by atoms with Crippen LogP contribution in [0.2, 0.25) is 0 Å². The number of nitrogens with zero attached hydrogens (tertiary/aromatic N) is 4. The molecule has 0 N–H and O–H groups in total. The van der Waals surface area contributed by atoms with Gasteiger partial charge in [0.2, 0.25) is 5.91 Å². The van der Waals surface area contributed by atoms with E-state index in [0.717, 1.165) is 43.0 Å². The predicted octanol–water partition coefficient (Wildman–Crippen LogP) is 1.71. The second kappa shape index (κ2) is 6.77. The highest BCUT2D eigenvalue weighted by atomic mass is 16.2. The summed E-state index contributed by atoms with van der Waals surface area (Å²) in [4.78, 5) is 25.3. The van der Waals surface area contributed by atoms with Crippen LogP contribution in [0.5, 0.6) is 0 Å². The van der Waals surface area contributed by atoms with Gasteiger partial charge in [0.1, 0.15) is 12.1 Å². The van der Waals surface area contributed by atoms with Crippen molar-refractivity contribution in [3.63, 3.8) is 0 Å². The Hall–Kier alpha value is -2.43. The van der Waals surface area contributed by atoms with Gasteiger partial charge < -0.3 is 9.80 Å². The van der Waals surface area contributed by atoms with Crippen LogP contribution in [0.4, 0.5) is 5.82 Å². The summed E-state index contributed by atoms with van der Waals surface area (Å²) < 4.78 is 0. The van der Waals surface area contributed by atoms with Crippen LogP contribution in [0, 0.1) is 0 Å². The summed E-state index contributed by atoms with van der Waals surface area (Å²) >= 11 is 0. The first-order valence-electron chi connectivity index (χ1n) is 7.97. The minimum atomic E-state index is 0.184. The lowest BCUT2D eigenvalue weighted by molar-refractivity contribution is -0.130. The van der Waals surface area contributed by atoms with E-state index >= 15 is 0 Å². The van der Waals surface area contributed by atoms with Crippen molar-refractivity contribution in [2.75, 3.05) is 32.1 Å². The molecule has 23 heavy (non-hydrogen) atoms. The monoisotopic (exact) mass is 310 g/mol. The molecule has 1 aliphatic rings. The SMILES string of the molecule is CN(C)c1ncnc2c1CCN(C(=O)Cc1ccccc1)CC2. The number of rotatable bonds is 3. The second-order valence-corrected chi connectivity index (χ2v) is 6.06. The van der Waals surface area contributed by atoms with Gasteiger partial charge in [-0.05, 0) is 12.0 Å². The minimum Gasteiger partial charge on any atom is -0.362 e. The van der Waals surface area contributed by atoms with Crippen LogP contribution in [0.15, 0.2) is 36.7 Å². The first-order valence-corrected chi connectivity index (χ1v) is 7.97. The molecule has 1 aliphatic heterocycles. The van der Waals surface area contributed by atoms with Crippen LogP contribution in [-0.4, -0.2) is 48.0 Å². The van der Waals surface area contributed by atoms with Crippen molar-refractivity contribution in [1.82, 2.24) is 14.9 Å². The molecule has 0 unspecified atom stereocenters. The average molecular weight is 310 g/mol. The maximum atomic E-state index is 12.6. The van der Waals surface area contributed by atoms with Crippen LogP contribution in [0.1, 0.15) is 16.8 Å². The molecule has 0 saturated carbocycles. The normalized spacial score (nSPS) is 14.1. The van der Waals surface area contributed by atoms with Crippen LogP contribution in [0.3, 0.4) is 0 Å². The number of anilines is 1. The molecule has 120 valence electrons. The van der Waals surface area contributed by atoms with Crippen molar-refractivity contribution in [3.05, 3.63) is 53.5 Å². The fourth-order valence-corrected chi connectivity index (χ4v) is 3.03. The highest BCUT2D eigenvalue weighted by molar-refractivity contribution is 5.79. The number of benzene rings is 1. The Morgan fingerprint density at radius 1 is 1.13 bits per heavy atom. The summed E-state index contributed by atoms with van der Waals surface area (Å²) in [6.45, 7) is 1.45. The third-order valence-electron chi connectivity index (χ3n) is 4.24. The number of hydrogen-bond donors (Lipinski definition) is 0. The molecule has 2 heterocycles. The van der Waals surface area contributed by atoms with Crippen molar-refractivity contribution < 1.29 is 4.79 Å². The summed E-state index contributed by atoms with van der Waals surface area (Å²) in [7, 11) is 3.98. The molecule has 1 aromatic carbocycles. The van der Waals surface area contributed by atoms with Crippen molar-refractivity contribution in [2.45, 2.75) is 19.3 Å². The number of amides is 1. The highest BCUT2D eigenvalue weighted by Gasteiger charge is 2.22. The van der Waals surface area contributed by atoms with E-state index in [1.54, 1.807) is 6.33 Å². The molecule has 0 saturated heterocycles. The lowest BCUT2D eigenvalue weighted by atomic mass is 10.1. The Morgan fingerprint density at radius 2 is 1.87 bits per heavy atom. The van der Waals surface area contributed by atoms with Gasteiger partial charge in [-0.2, -0.15) is 0 Å². The zero-order valence-electron chi connectivity index (χ0n) is 13.7. The Morgan fingerprint density at radius 3 is 2.61 bits per heavy atom. The fraction of sp³-hybridized carbons (Fsp3) is 0.389. The largest absolute Gasteiger partial charge is 0.362 e. The number of fused-ring (bicyclic) bond motifs is 1. The van der Waals surface area contributed by atoms with E-state index in [9.17, 15) is 4.79 Å². The van der Waals surface area contributed by atoms with E-state index in [1.165, 1.54) is 5.56 Å². The van der Waals surface area contributed by atoms with Crippen molar-refractivity contribution in [3.8, 4) is 0 Å². The zero-order valence-corrected chi connectivity index (χ0v) is 13.7. The van der Waals surface area contributed by atoms with Gasteiger partial charge in [-0.1, -0.05) is 30.3 Å². The van der Waals surface area contributed by atoms with Gasteiger partial charge in [0.25, 0.3) is 0 Å². The van der Waals surface area contributed by atoms with Crippen molar-refractivity contribution in [2.24, 2.45) is 0 Å². The van der Waals surface area contributed by atoms with Crippen LogP contribution >= 0.6 is 0 Å². The summed E-state index contributed by atoms with van der Waals surface area (Å²) in [6.07, 6.45) is 3.68. The summed E-state index contributed by atoms with van der Waals surface area (Å²) in [5.41, 5.74) is 3.30. The van der Waals surface area contributed by atoms with Crippen molar-refractivity contribution >= 4 is 11.7 Å². The van der Waals surface area contributed by atoms with E-state index in [-0.39, 0.29) is 5.91 Å². The summed E-state index contributed by atoms with van der Waals surface area (Å²) in [5.74, 6) is 1.15. The number of aromatic nitrogens is 2. The Bertz CT molecular complexity index is 685. The summed E-state index contributed by atoms with van der Waals surface area (Å²) in [6, 6.07) is 9.91. The van der Waals surface area contributed by atoms with Gasteiger partial charge in [0, 0.05) is 39.2 Å². The molecule has 1 aromatic heterocycles. The van der Waals surface area contributed by atoms with E-state index in [1.807, 2.05) is 54.2 Å². The molecule has 0 bridgehead atoms. The molecule has 1 amide bonds. The molecular weight excluding hydrogens is 288 g/mol. The molecule has 3 rings (SSSR count). The molecule has 0 radical (unpaired) electrons. The topological polar surface area (TPSA) is 49.3 Å². The number of carbonyl (C=O) groups is 1. The molecular formula is C18H22N4O. The molecule has 0 spiro atoms. The van der Waals surface area contributed by atoms with E-state index in [4.69, 9.17) is 0 Å². The molecule has 5 heteroatoms. The van der Waals surface area contributed by atoms with Crippen LogP contribution in [0.25, 0.3) is 0 Å². The van der Waals surface area contributed by atoms with Crippen molar-refractivity contribution in [1.29, 1.82) is 0 Å². The Labute approximate surface area is 137 Å². The number of hydrogen-bond acceptors (Lipinski definition) is 4. The Balaban J connectivity index is 1.72. The fourth-order valence-electron chi connectivity index (χ4n) is 3.03. The number of carbonyl (C=O) groups excluding carboxylic acids is 1. The first-order chi connectivity index (χ1) is 11.1. The smallest absolute Gasteiger partial charge is 0.227 e. The Kier molecular flexibility index (Phi) is 4.55. The van der Waals surface area contributed by atoms with Gasteiger partial charge in [-0.25, -0.2) is 9.97 Å². The van der Waals surface area contributed by atoms with E-state index < -0.39 is 0 Å². The van der Waals surface area contributed by atoms with E-state index in [0.29, 0.717) is 6.42 Å². The molecule has 2 aromatic rings. The molecule has 0 aliphatic carbocycles. The maximum absolute atomic E-state index is 12.6. The van der Waals surface area contributed by atoms with Gasteiger partial charge >= 0.3 is 0 Å². The van der Waals surface area contributed by atoms with Gasteiger partial charge in [-0.3, -0.25) is 4.79 Å². The zero-order chi connectivity index (χ0) is 16.2. The molecule has 0 atom stereocenters. The quantitative estimate of drug-likeness (QED) is 0.866. The minimum absolute atomic E-state index is 0.184. The average Bonchev–Trinajstić information content (AvgIpc) is 2.78. The first kappa shape index (κ1) is 15.5. The van der Waals surface area contributed by atoms with Gasteiger partial charge in [0.05, 0.1) is 12.1 Å².